The van der Waals surface area contributed by atoms with E-state index in [2.05, 4.69) is 0 Å². The van der Waals surface area contributed by atoms with Crippen LogP contribution in [0.3, 0.4) is 0 Å². The molecule has 4 heteroatoms. The number of anilines is 2. The van der Waals surface area contributed by atoms with Gasteiger partial charge in [-0.1, -0.05) is 24.3 Å². The maximum atomic E-state index is 5.91. The summed E-state index contributed by atoms with van der Waals surface area (Å²) in [5.74, 6) is 2.60. The molecule has 0 aromatic heterocycles. The molecule has 0 unspecified atom stereocenters. The number of benzene rings is 3. The molecule has 0 heterocycles. The molecule has 3 aromatic rings. The number of rotatable bonds is 4. The average Bonchev–Trinajstić information content (AvgIpc) is 2.47. The Morgan fingerprint density at radius 2 is 1.09 bits per heavy atom. The third-order valence-corrected chi connectivity index (χ3v) is 2.98. The Morgan fingerprint density at radius 3 is 1.77 bits per heavy atom. The molecular formula is C18H16N2O2. The van der Waals surface area contributed by atoms with E-state index in [4.69, 9.17) is 20.9 Å². The summed E-state index contributed by atoms with van der Waals surface area (Å²) >= 11 is 0. The highest BCUT2D eigenvalue weighted by Crippen LogP contribution is 2.31. The maximum absolute atomic E-state index is 5.91. The normalized spacial score (nSPS) is 10.2. The number of nitrogens with two attached hydrogens (primary N) is 2. The quantitative estimate of drug-likeness (QED) is 0.698. The first-order chi connectivity index (χ1) is 10.7. The zero-order chi connectivity index (χ0) is 15.4. The average molecular weight is 292 g/mol. The third-order valence-electron chi connectivity index (χ3n) is 2.98. The third kappa shape index (κ3) is 3.49. The van der Waals surface area contributed by atoms with Crippen molar-refractivity contribution in [2.24, 2.45) is 0 Å². The van der Waals surface area contributed by atoms with Crippen LogP contribution in [-0.4, -0.2) is 0 Å². The number of hydrogen-bond donors (Lipinski definition) is 2. The Morgan fingerprint density at radius 1 is 0.500 bits per heavy atom. The lowest BCUT2D eigenvalue weighted by molar-refractivity contribution is 0.461. The van der Waals surface area contributed by atoms with Crippen LogP contribution >= 0.6 is 0 Å². The van der Waals surface area contributed by atoms with Gasteiger partial charge in [-0.15, -0.1) is 0 Å². The van der Waals surface area contributed by atoms with Crippen LogP contribution in [0.5, 0.6) is 23.0 Å². The molecule has 0 spiro atoms. The van der Waals surface area contributed by atoms with Gasteiger partial charge in [-0.25, -0.2) is 0 Å². The lowest BCUT2D eigenvalue weighted by atomic mass is 10.2. The summed E-state index contributed by atoms with van der Waals surface area (Å²) in [6.07, 6.45) is 0. The molecule has 4 N–H and O–H groups in total. The van der Waals surface area contributed by atoms with E-state index in [1.165, 1.54) is 0 Å². The van der Waals surface area contributed by atoms with Crippen molar-refractivity contribution in [2.45, 2.75) is 0 Å². The van der Waals surface area contributed by atoms with Gasteiger partial charge in [-0.3, -0.25) is 0 Å². The molecule has 110 valence electrons. The molecule has 3 aromatic carbocycles. The molecule has 3 rings (SSSR count). The summed E-state index contributed by atoms with van der Waals surface area (Å²) in [4.78, 5) is 0. The molecular weight excluding hydrogens is 276 g/mol. The van der Waals surface area contributed by atoms with Crippen molar-refractivity contribution in [3.8, 4) is 23.0 Å². The van der Waals surface area contributed by atoms with Crippen molar-refractivity contribution in [3.63, 3.8) is 0 Å². The van der Waals surface area contributed by atoms with Crippen molar-refractivity contribution >= 4 is 11.4 Å². The number of ether oxygens (including phenoxy) is 2. The second-order valence-electron chi connectivity index (χ2n) is 4.83. The van der Waals surface area contributed by atoms with E-state index in [9.17, 15) is 0 Å². The number of nitrogen functional groups attached to an aromatic ring is 2. The lowest BCUT2D eigenvalue weighted by Crippen LogP contribution is -1.92. The fourth-order valence-corrected chi connectivity index (χ4v) is 2.05. The first-order valence-corrected chi connectivity index (χ1v) is 6.86. The van der Waals surface area contributed by atoms with Crippen LogP contribution in [0.25, 0.3) is 0 Å². The second kappa shape index (κ2) is 6.10. The van der Waals surface area contributed by atoms with Gasteiger partial charge in [0.2, 0.25) is 0 Å². The van der Waals surface area contributed by atoms with Gasteiger partial charge in [0.25, 0.3) is 0 Å². The van der Waals surface area contributed by atoms with E-state index in [1.807, 2.05) is 42.5 Å². The van der Waals surface area contributed by atoms with Gasteiger partial charge in [0.1, 0.15) is 23.0 Å². The predicted octanol–water partition coefficient (Wildman–Crippen LogP) is 4.44. The molecule has 0 aliphatic heterocycles. The Hall–Kier alpha value is -3.14. The molecule has 0 fully saturated rings. The number of para-hydroxylation sites is 1. The van der Waals surface area contributed by atoms with Gasteiger partial charge < -0.3 is 20.9 Å². The van der Waals surface area contributed by atoms with Gasteiger partial charge in [-0.2, -0.15) is 0 Å². The summed E-state index contributed by atoms with van der Waals surface area (Å²) in [7, 11) is 0. The summed E-state index contributed by atoms with van der Waals surface area (Å²) in [5.41, 5.74) is 12.9. The van der Waals surface area contributed by atoms with Gasteiger partial charge in [0.15, 0.2) is 0 Å². The zero-order valence-electron chi connectivity index (χ0n) is 11.9. The van der Waals surface area contributed by atoms with E-state index in [0.717, 1.165) is 5.75 Å². The van der Waals surface area contributed by atoms with E-state index >= 15 is 0 Å². The molecule has 0 saturated heterocycles. The SMILES string of the molecule is Nc1cccc(Oc2cc(N)cc(Oc3ccccc3)c2)c1. The highest BCUT2D eigenvalue weighted by atomic mass is 16.5. The van der Waals surface area contributed by atoms with Crippen molar-refractivity contribution in [1.82, 2.24) is 0 Å². The van der Waals surface area contributed by atoms with E-state index in [1.54, 1.807) is 30.3 Å². The van der Waals surface area contributed by atoms with Crippen molar-refractivity contribution in [1.29, 1.82) is 0 Å². The minimum atomic E-state index is 0.562. The Kier molecular flexibility index (Phi) is 3.83. The first-order valence-electron chi connectivity index (χ1n) is 6.86. The van der Waals surface area contributed by atoms with Crippen LogP contribution in [0.15, 0.2) is 72.8 Å². The molecule has 4 nitrogen and oxygen atoms in total. The van der Waals surface area contributed by atoms with Crippen LogP contribution in [0.2, 0.25) is 0 Å². The Labute approximate surface area is 128 Å². The molecule has 0 saturated carbocycles. The predicted molar refractivity (Wildman–Crippen MR) is 88.3 cm³/mol. The Bertz CT molecular complexity index is 773. The van der Waals surface area contributed by atoms with E-state index < -0.39 is 0 Å². The van der Waals surface area contributed by atoms with Crippen LogP contribution in [0.1, 0.15) is 0 Å². The van der Waals surface area contributed by atoms with Gasteiger partial charge in [-0.05, 0) is 24.3 Å². The summed E-state index contributed by atoms with van der Waals surface area (Å²) in [6, 6.07) is 22.0. The number of hydrogen-bond acceptors (Lipinski definition) is 4. The molecule has 0 aliphatic rings. The fourth-order valence-electron chi connectivity index (χ4n) is 2.05. The molecule has 22 heavy (non-hydrogen) atoms. The van der Waals surface area contributed by atoms with E-state index in [-0.39, 0.29) is 0 Å². The maximum Gasteiger partial charge on any atom is 0.133 e. The Balaban J connectivity index is 1.83. The topological polar surface area (TPSA) is 70.5 Å². The smallest absolute Gasteiger partial charge is 0.133 e. The van der Waals surface area contributed by atoms with Crippen LogP contribution in [0, 0.1) is 0 Å². The fraction of sp³-hybridized carbons (Fsp3) is 0. The van der Waals surface area contributed by atoms with E-state index in [0.29, 0.717) is 28.6 Å². The van der Waals surface area contributed by atoms with Crippen LogP contribution < -0.4 is 20.9 Å². The summed E-state index contributed by atoms with van der Waals surface area (Å²) in [6.45, 7) is 0. The van der Waals surface area contributed by atoms with Crippen molar-refractivity contribution in [2.75, 3.05) is 11.5 Å². The molecule has 0 amide bonds. The lowest BCUT2D eigenvalue weighted by Gasteiger charge is -2.11. The molecule has 0 bridgehead atoms. The summed E-state index contributed by atoms with van der Waals surface area (Å²) in [5, 5.41) is 0. The monoisotopic (exact) mass is 292 g/mol. The van der Waals surface area contributed by atoms with Crippen molar-refractivity contribution in [3.05, 3.63) is 72.8 Å². The standard InChI is InChI=1S/C18H16N2O2/c19-13-5-4-8-16(9-13)22-18-11-14(20)10-17(12-18)21-15-6-2-1-3-7-15/h1-12H,19-20H2. The van der Waals surface area contributed by atoms with Crippen LogP contribution in [-0.2, 0) is 0 Å². The highest BCUT2D eigenvalue weighted by Gasteiger charge is 2.04. The van der Waals surface area contributed by atoms with Crippen LogP contribution in [0.4, 0.5) is 11.4 Å². The second-order valence-corrected chi connectivity index (χ2v) is 4.83. The molecule has 0 aliphatic carbocycles. The minimum absolute atomic E-state index is 0.562. The molecule has 0 radical (unpaired) electrons. The first kappa shape index (κ1) is 13.8. The van der Waals surface area contributed by atoms with Gasteiger partial charge >= 0.3 is 0 Å². The summed E-state index contributed by atoms with van der Waals surface area (Å²) < 4.78 is 11.6. The van der Waals surface area contributed by atoms with Crippen molar-refractivity contribution < 1.29 is 9.47 Å². The largest absolute Gasteiger partial charge is 0.457 e. The van der Waals surface area contributed by atoms with Gasteiger partial charge in [0, 0.05) is 35.6 Å². The molecule has 0 atom stereocenters. The highest BCUT2D eigenvalue weighted by molar-refractivity contribution is 5.53. The zero-order valence-corrected chi connectivity index (χ0v) is 11.9. The minimum Gasteiger partial charge on any atom is -0.457 e. The van der Waals surface area contributed by atoms with Gasteiger partial charge in [0.05, 0.1) is 0 Å².